The van der Waals surface area contributed by atoms with E-state index in [1.54, 1.807) is 18.4 Å². The van der Waals surface area contributed by atoms with E-state index < -0.39 is 0 Å². The third-order valence-corrected chi connectivity index (χ3v) is 6.25. The number of nitrogens with one attached hydrogen (secondary N) is 1. The average molecular weight is 357 g/mol. The average Bonchev–Trinajstić information content (AvgIpc) is 3.36. The second kappa shape index (κ2) is 7.14. The lowest BCUT2D eigenvalue weighted by Crippen LogP contribution is -2.40. The molecule has 1 aromatic heterocycles. The van der Waals surface area contributed by atoms with Gasteiger partial charge in [0.2, 0.25) is 5.91 Å². The Hall–Kier alpha value is -1.92. The zero-order chi connectivity index (χ0) is 17.2. The number of thiazole rings is 1. The van der Waals surface area contributed by atoms with E-state index in [0.717, 1.165) is 33.7 Å². The van der Waals surface area contributed by atoms with Crippen molar-refractivity contribution in [2.75, 3.05) is 20.2 Å². The molecule has 0 radical (unpaired) electrons. The van der Waals surface area contributed by atoms with Gasteiger partial charge < -0.3 is 10.1 Å². The number of fused-ring (bicyclic) bond motifs is 2. The summed E-state index contributed by atoms with van der Waals surface area (Å²) in [6.07, 6.45) is 5.72. The largest absolute Gasteiger partial charge is 0.496 e. The van der Waals surface area contributed by atoms with Crippen molar-refractivity contribution >= 4 is 17.2 Å². The van der Waals surface area contributed by atoms with Gasteiger partial charge in [-0.05, 0) is 37.3 Å². The summed E-state index contributed by atoms with van der Waals surface area (Å²) in [7, 11) is 1.67. The number of methoxy groups -OCH3 is 1. The Morgan fingerprint density at radius 3 is 3.04 bits per heavy atom. The van der Waals surface area contributed by atoms with Crippen LogP contribution in [0.3, 0.4) is 0 Å². The fourth-order valence-electron chi connectivity index (χ4n) is 3.98. The molecule has 6 heteroatoms. The maximum absolute atomic E-state index is 12.2. The highest BCUT2D eigenvalue weighted by molar-refractivity contribution is 7.15. The smallest absolute Gasteiger partial charge is 0.234 e. The molecule has 1 aromatic carbocycles. The number of piperidine rings is 1. The predicted molar refractivity (Wildman–Crippen MR) is 98.7 cm³/mol. The van der Waals surface area contributed by atoms with Gasteiger partial charge in [0.15, 0.2) is 0 Å². The van der Waals surface area contributed by atoms with E-state index in [4.69, 9.17) is 4.74 Å². The number of carbonyl (C=O) groups excluding carboxylic acids is 1. The van der Waals surface area contributed by atoms with Gasteiger partial charge in [-0.15, -0.1) is 11.3 Å². The number of benzene rings is 1. The molecule has 1 saturated heterocycles. The van der Waals surface area contributed by atoms with Gasteiger partial charge in [0.05, 0.1) is 25.8 Å². The summed E-state index contributed by atoms with van der Waals surface area (Å²) < 4.78 is 5.40. The third kappa shape index (κ3) is 3.55. The van der Waals surface area contributed by atoms with Crippen LogP contribution in [0.25, 0.3) is 10.6 Å². The lowest BCUT2D eigenvalue weighted by Gasteiger charge is -2.25. The number of nitrogens with zero attached hydrogens (tertiary/aromatic N) is 2. The number of rotatable bonds is 6. The number of carbonyl (C=O) groups is 1. The summed E-state index contributed by atoms with van der Waals surface area (Å²) in [6, 6.07) is 8.49. The molecule has 1 aliphatic carbocycles. The summed E-state index contributed by atoms with van der Waals surface area (Å²) in [4.78, 5) is 20.1. The normalized spacial score (nSPS) is 22.3. The van der Waals surface area contributed by atoms with Crippen molar-refractivity contribution in [1.29, 1.82) is 0 Å². The first kappa shape index (κ1) is 16.5. The summed E-state index contributed by atoms with van der Waals surface area (Å²) in [5, 5.41) is 3.95. The Labute approximate surface area is 152 Å². The van der Waals surface area contributed by atoms with Crippen LogP contribution in [0.5, 0.6) is 5.75 Å². The van der Waals surface area contributed by atoms with Crippen LogP contribution in [0.1, 0.15) is 24.1 Å². The first-order valence-corrected chi connectivity index (χ1v) is 9.63. The number of aromatic nitrogens is 1. The maximum Gasteiger partial charge on any atom is 0.234 e. The van der Waals surface area contributed by atoms with Crippen molar-refractivity contribution in [2.45, 2.75) is 31.8 Å². The number of ether oxygens (including phenoxy) is 1. The van der Waals surface area contributed by atoms with Crippen molar-refractivity contribution in [3.05, 3.63) is 35.3 Å². The molecule has 2 fully saturated rings. The number of hydrogen-bond acceptors (Lipinski definition) is 5. The monoisotopic (exact) mass is 357 g/mol. The van der Waals surface area contributed by atoms with Crippen LogP contribution < -0.4 is 10.1 Å². The molecule has 0 spiro atoms. The van der Waals surface area contributed by atoms with Crippen LogP contribution in [-0.4, -0.2) is 42.0 Å². The van der Waals surface area contributed by atoms with E-state index in [-0.39, 0.29) is 5.91 Å². The zero-order valence-electron chi connectivity index (χ0n) is 14.4. The van der Waals surface area contributed by atoms with E-state index in [9.17, 15) is 4.79 Å². The van der Waals surface area contributed by atoms with E-state index in [0.29, 0.717) is 19.1 Å². The molecule has 132 valence electrons. The Morgan fingerprint density at radius 2 is 2.28 bits per heavy atom. The van der Waals surface area contributed by atoms with Crippen molar-refractivity contribution in [3.63, 3.8) is 0 Å². The number of amides is 1. The van der Waals surface area contributed by atoms with Crippen molar-refractivity contribution in [2.24, 2.45) is 5.92 Å². The van der Waals surface area contributed by atoms with Crippen LogP contribution in [0.2, 0.25) is 0 Å². The molecule has 1 aliphatic heterocycles. The second-order valence-corrected chi connectivity index (χ2v) is 7.99. The van der Waals surface area contributed by atoms with Crippen LogP contribution in [0.15, 0.2) is 30.5 Å². The summed E-state index contributed by atoms with van der Waals surface area (Å²) in [5.74, 6) is 1.75. The number of hydrogen-bond donors (Lipinski definition) is 1. The van der Waals surface area contributed by atoms with Crippen molar-refractivity contribution < 1.29 is 9.53 Å². The summed E-state index contributed by atoms with van der Waals surface area (Å²) in [5.41, 5.74) is 0.987. The standard InChI is InChI=1S/C19H23N3O2S/c1-24-17-5-3-2-4-16(17)19-21-10-15(25-19)9-20-18(23)12-22-11-13-6-7-14(22)8-13/h2-5,10,13-14H,6-9,11-12H2,1H3,(H,20,23)/t13-,14+/m0/s1. The fourth-order valence-corrected chi connectivity index (χ4v) is 4.86. The van der Waals surface area contributed by atoms with Gasteiger partial charge in [-0.1, -0.05) is 12.1 Å². The molecule has 1 N–H and O–H groups in total. The lowest BCUT2D eigenvalue weighted by molar-refractivity contribution is -0.122. The molecule has 2 aromatic rings. The van der Waals surface area contributed by atoms with Crippen molar-refractivity contribution in [3.8, 4) is 16.3 Å². The van der Waals surface area contributed by atoms with Gasteiger partial charge in [-0.2, -0.15) is 0 Å². The minimum Gasteiger partial charge on any atom is -0.496 e. The maximum atomic E-state index is 12.2. The molecule has 0 unspecified atom stereocenters. The van der Waals surface area contributed by atoms with Crippen LogP contribution in [0, 0.1) is 5.92 Å². The second-order valence-electron chi connectivity index (χ2n) is 6.87. The zero-order valence-corrected chi connectivity index (χ0v) is 15.2. The lowest BCUT2D eigenvalue weighted by atomic mass is 10.1. The first-order valence-electron chi connectivity index (χ1n) is 8.82. The van der Waals surface area contributed by atoms with Crippen LogP contribution in [0.4, 0.5) is 0 Å². The Kier molecular flexibility index (Phi) is 4.72. The number of likely N-dealkylation sites (tertiary alicyclic amines) is 1. The minimum absolute atomic E-state index is 0.111. The molecule has 1 amide bonds. The molecular formula is C19H23N3O2S. The fraction of sp³-hybridized carbons (Fsp3) is 0.474. The SMILES string of the molecule is COc1ccccc1-c1ncc(CNC(=O)CN2C[C@H]3CC[C@@H]2C3)s1. The van der Waals surface area contributed by atoms with Crippen molar-refractivity contribution in [1.82, 2.24) is 15.2 Å². The molecule has 5 nitrogen and oxygen atoms in total. The molecule has 2 bridgehead atoms. The summed E-state index contributed by atoms with van der Waals surface area (Å²) >= 11 is 1.59. The molecule has 2 aliphatic rings. The molecule has 2 heterocycles. The predicted octanol–water partition coefficient (Wildman–Crippen LogP) is 2.92. The van der Waals surface area contributed by atoms with Crippen LogP contribution in [-0.2, 0) is 11.3 Å². The van der Waals surface area contributed by atoms with Gasteiger partial charge in [0.25, 0.3) is 0 Å². The Bertz CT molecular complexity index is 761. The highest BCUT2D eigenvalue weighted by Gasteiger charge is 2.38. The third-order valence-electron chi connectivity index (χ3n) is 5.22. The molecular weight excluding hydrogens is 334 g/mol. The van der Waals surface area contributed by atoms with E-state index in [1.165, 1.54) is 19.3 Å². The molecule has 2 atom stereocenters. The highest BCUT2D eigenvalue weighted by atomic mass is 32.1. The van der Waals surface area contributed by atoms with Gasteiger partial charge in [-0.25, -0.2) is 4.98 Å². The topological polar surface area (TPSA) is 54.5 Å². The molecule has 4 rings (SSSR count). The van der Waals surface area contributed by atoms with E-state index in [2.05, 4.69) is 15.2 Å². The Balaban J connectivity index is 1.33. The van der Waals surface area contributed by atoms with E-state index >= 15 is 0 Å². The minimum atomic E-state index is 0.111. The highest BCUT2D eigenvalue weighted by Crippen LogP contribution is 2.37. The van der Waals surface area contributed by atoms with Crippen LogP contribution >= 0.6 is 11.3 Å². The van der Waals surface area contributed by atoms with Gasteiger partial charge in [0, 0.05) is 23.7 Å². The Morgan fingerprint density at radius 1 is 1.40 bits per heavy atom. The van der Waals surface area contributed by atoms with Gasteiger partial charge in [-0.3, -0.25) is 9.69 Å². The number of para-hydroxylation sites is 1. The van der Waals surface area contributed by atoms with E-state index in [1.807, 2.05) is 30.5 Å². The van der Waals surface area contributed by atoms with Gasteiger partial charge >= 0.3 is 0 Å². The van der Waals surface area contributed by atoms with Gasteiger partial charge in [0.1, 0.15) is 10.8 Å². The summed E-state index contributed by atoms with van der Waals surface area (Å²) in [6.45, 7) is 2.16. The molecule has 1 saturated carbocycles. The first-order chi connectivity index (χ1) is 12.2. The molecule has 25 heavy (non-hydrogen) atoms. The quantitative estimate of drug-likeness (QED) is 0.864.